The first-order valence-electron chi connectivity index (χ1n) is 9.51. The summed E-state index contributed by atoms with van der Waals surface area (Å²) in [5, 5.41) is 2.79. The van der Waals surface area contributed by atoms with E-state index in [0.29, 0.717) is 23.7 Å². The van der Waals surface area contributed by atoms with Gasteiger partial charge >= 0.3 is 0 Å². The van der Waals surface area contributed by atoms with Gasteiger partial charge in [-0.25, -0.2) is 8.42 Å². The molecule has 0 aliphatic heterocycles. The van der Waals surface area contributed by atoms with Crippen molar-refractivity contribution in [1.82, 2.24) is 0 Å². The van der Waals surface area contributed by atoms with E-state index in [4.69, 9.17) is 4.74 Å². The van der Waals surface area contributed by atoms with Crippen LogP contribution in [0.1, 0.15) is 22.8 Å². The van der Waals surface area contributed by atoms with Crippen LogP contribution in [0, 0.1) is 6.92 Å². The zero-order valence-electron chi connectivity index (χ0n) is 17.1. The number of amides is 1. The Morgan fingerprint density at radius 1 is 1.00 bits per heavy atom. The first-order chi connectivity index (χ1) is 14.3. The number of nitrogens with one attached hydrogen (secondary N) is 1. The molecule has 156 valence electrons. The zero-order valence-corrected chi connectivity index (χ0v) is 17.9. The van der Waals surface area contributed by atoms with Crippen LogP contribution in [0.2, 0.25) is 0 Å². The molecular weight excluding hydrogens is 400 g/mol. The van der Waals surface area contributed by atoms with Crippen molar-refractivity contribution in [3.63, 3.8) is 0 Å². The van der Waals surface area contributed by atoms with E-state index in [9.17, 15) is 13.2 Å². The van der Waals surface area contributed by atoms with Gasteiger partial charge in [-0.1, -0.05) is 30.3 Å². The summed E-state index contributed by atoms with van der Waals surface area (Å²) in [7, 11) is -2.33. The van der Waals surface area contributed by atoms with Crippen LogP contribution in [0.4, 0.5) is 11.4 Å². The van der Waals surface area contributed by atoms with Gasteiger partial charge in [0.2, 0.25) is 0 Å². The van der Waals surface area contributed by atoms with Crippen molar-refractivity contribution in [3.05, 3.63) is 83.9 Å². The lowest BCUT2D eigenvalue weighted by Gasteiger charge is -2.20. The molecule has 3 aromatic carbocycles. The summed E-state index contributed by atoms with van der Waals surface area (Å²) >= 11 is 0. The van der Waals surface area contributed by atoms with Crippen LogP contribution < -0.4 is 14.4 Å². The zero-order chi connectivity index (χ0) is 21.7. The molecule has 1 N–H and O–H groups in total. The van der Waals surface area contributed by atoms with Crippen molar-refractivity contribution in [2.45, 2.75) is 18.7 Å². The number of ether oxygens (including phenoxy) is 1. The van der Waals surface area contributed by atoms with Crippen molar-refractivity contribution in [2.75, 3.05) is 23.3 Å². The number of rotatable bonds is 7. The Bertz CT molecular complexity index is 1160. The molecule has 1 amide bonds. The minimum atomic E-state index is -3.83. The number of nitrogens with zero attached hydrogens (tertiary/aromatic N) is 1. The van der Waals surface area contributed by atoms with E-state index in [-0.39, 0.29) is 10.5 Å². The maximum absolute atomic E-state index is 13.1. The summed E-state index contributed by atoms with van der Waals surface area (Å²) in [6.07, 6.45) is 0. The van der Waals surface area contributed by atoms with E-state index in [1.165, 1.54) is 23.5 Å². The van der Waals surface area contributed by atoms with Crippen LogP contribution in [0.3, 0.4) is 0 Å². The van der Waals surface area contributed by atoms with Crippen LogP contribution in [0.5, 0.6) is 5.75 Å². The Morgan fingerprint density at radius 3 is 2.47 bits per heavy atom. The molecule has 0 atom stereocenters. The van der Waals surface area contributed by atoms with Crippen molar-refractivity contribution in [2.24, 2.45) is 0 Å². The predicted molar refractivity (Wildman–Crippen MR) is 119 cm³/mol. The van der Waals surface area contributed by atoms with E-state index >= 15 is 0 Å². The Balaban J connectivity index is 1.88. The first kappa shape index (κ1) is 21.4. The van der Waals surface area contributed by atoms with Crippen LogP contribution >= 0.6 is 0 Å². The number of anilines is 2. The predicted octanol–water partition coefficient (Wildman–Crippen LogP) is 4.47. The quantitative estimate of drug-likeness (QED) is 0.607. The maximum atomic E-state index is 13.1. The van der Waals surface area contributed by atoms with Gasteiger partial charge in [0, 0.05) is 12.6 Å². The molecular formula is C23H24N2O4S. The van der Waals surface area contributed by atoms with Gasteiger partial charge < -0.3 is 10.1 Å². The van der Waals surface area contributed by atoms with Gasteiger partial charge in [0.25, 0.3) is 15.9 Å². The highest BCUT2D eigenvalue weighted by molar-refractivity contribution is 7.92. The number of carbonyl (C=O) groups excluding carboxylic acids is 1. The normalized spacial score (nSPS) is 11.0. The number of para-hydroxylation sites is 2. The maximum Gasteiger partial charge on any atom is 0.264 e. The van der Waals surface area contributed by atoms with E-state index < -0.39 is 15.9 Å². The second-order valence-electron chi connectivity index (χ2n) is 6.72. The van der Waals surface area contributed by atoms with Gasteiger partial charge in [0.05, 0.1) is 22.9 Å². The van der Waals surface area contributed by atoms with Gasteiger partial charge in [-0.15, -0.1) is 0 Å². The Morgan fingerprint density at radius 2 is 1.73 bits per heavy atom. The highest BCUT2D eigenvalue weighted by Crippen LogP contribution is 2.26. The third-order valence-electron chi connectivity index (χ3n) is 4.55. The van der Waals surface area contributed by atoms with Gasteiger partial charge in [0.15, 0.2) is 0 Å². The molecule has 0 aliphatic carbocycles. The molecule has 30 heavy (non-hydrogen) atoms. The smallest absolute Gasteiger partial charge is 0.264 e. The molecule has 0 saturated carbocycles. The molecule has 0 aliphatic rings. The van der Waals surface area contributed by atoms with E-state index in [0.717, 1.165) is 5.56 Å². The van der Waals surface area contributed by atoms with Crippen LogP contribution in [-0.4, -0.2) is 28.0 Å². The second-order valence-corrected chi connectivity index (χ2v) is 8.69. The Hall–Kier alpha value is -3.32. The topological polar surface area (TPSA) is 75.7 Å². The number of sulfonamides is 1. The summed E-state index contributed by atoms with van der Waals surface area (Å²) in [4.78, 5) is 12.8. The fourth-order valence-corrected chi connectivity index (χ4v) is 4.20. The Kier molecular flexibility index (Phi) is 6.42. The minimum absolute atomic E-state index is 0.0391. The third kappa shape index (κ3) is 4.63. The molecule has 6 nitrogen and oxygen atoms in total. The SMILES string of the molecule is CCOc1ccccc1NC(=O)c1cccc(S(=O)(=O)N(C)c2cccc(C)c2)c1. The lowest BCUT2D eigenvalue weighted by atomic mass is 10.2. The lowest BCUT2D eigenvalue weighted by Crippen LogP contribution is -2.27. The molecule has 0 saturated heterocycles. The molecule has 0 spiro atoms. The average molecular weight is 425 g/mol. The van der Waals surface area contributed by atoms with E-state index in [2.05, 4.69) is 5.32 Å². The van der Waals surface area contributed by atoms with Gasteiger partial charge in [0.1, 0.15) is 5.75 Å². The van der Waals surface area contributed by atoms with E-state index in [1.54, 1.807) is 48.5 Å². The molecule has 0 bridgehead atoms. The fraction of sp³-hybridized carbons (Fsp3) is 0.174. The summed E-state index contributed by atoms with van der Waals surface area (Å²) in [5.41, 5.74) is 2.26. The summed E-state index contributed by atoms with van der Waals surface area (Å²) < 4.78 is 32.9. The summed E-state index contributed by atoms with van der Waals surface area (Å²) in [5.74, 6) is 0.133. The third-order valence-corrected chi connectivity index (χ3v) is 6.34. The molecule has 0 heterocycles. The van der Waals surface area contributed by atoms with Gasteiger partial charge in [-0.2, -0.15) is 0 Å². The standard InChI is InChI=1S/C23H24N2O4S/c1-4-29-22-14-6-5-13-21(22)24-23(26)18-10-8-12-20(16-18)30(27,28)25(3)19-11-7-9-17(2)15-19/h5-16H,4H2,1-3H3,(H,24,26). The highest BCUT2D eigenvalue weighted by Gasteiger charge is 2.22. The van der Waals surface area contributed by atoms with Gasteiger partial charge in [-0.3, -0.25) is 9.10 Å². The van der Waals surface area contributed by atoms with Crippen LogP contribution in [-0.2, 0) is 10.0 Å². The average Bonchev–Trinajstić information content (AvgIpc) is 2.75. The molecule has 7 heteroatoms. The number of aryl methyl sites for hydroxylation is 1. The molecule has 0 aromatic heterocycles. The second kappa shape index (κ2) is 9.00. The molecule has 0 unspecified atom stereocenters. The van der Waals surface area contributed by atoms with Crippen LogP contribution in [0.25, 0.3) is 0 Å². The summed E-state index contributed by atoms with van der Waals surface area (Å²) in [6, 6.07) is 20.3. The molecule has 0 fully saturated rings. The van der Waals surface area contributed by atoms with Crippen molar-refractivity contribution >= 4 is 27.3 Å². The molecule has 3 aromatic rings. The van der Waals surface area contributed by atoms with E-state index in [1.807, 2.05) is 26.0 Å². The number of carbonyl (C=O) groups is 1. The van der Waals surface area contributed by atoms with Crippen molar-refractivity contribution < 1.29 is 17.9 Å². The van der Waals surface area contributed by atoms with Crippen molar-refractivity contribution in [3.8, 4) is 5.75 Å². The first-order valence-corrected chi connectivity index (χ1v) is 11.0. The van der Waals surface area contributed by atoms with Crippen molar-refractivity contribution in [1.29, 1.82) is 0 Å². The summed E-state index contributed by atoms with van der Waals surface area (Å²) in [6.45, 7) is 4.22. The minimum Gasteiger partial charge on any atom is -0.492 e. The molecule has 0 radical (unpaired) electrons. The molecule has 3 rings (SSSR count). The largest absolute Gasteiger partial charge is 0.492 e. The highest BCUT2D eigenvalue weighted by atomic mass is 32.2. The number of hydrogen-bond acceptors (Lipinski definition) is 4. The lowest BCUT2D eigenvalue weighted by molar-refractivity contribution is 0.102. The van der Waals surface area contributed by atoms with Crippen LogP contribution in [0.15, 0.2) is 77.7 Å². The van der Waals surface area contributed by atoms with Gasteiger partial charge in [-0.05, 0) is 61.9 Å². The number of benzene rings is 3. The fourth-order valence-electron chi connectivity index (χ4n) is 2.96. The Labute approximate surface area is 177 Å². The monoisotopic (exact) mass is 424 g/mol. The number of hydrogen-bond donors (Lipinski definition) is 1.